The van der Waals surface area contributed by atoms with Crippen molar-refractivity contribution in [1.82, 2.24) is 0 Å². The summed E-state index contributed by atoms with van der Waals surface area (Å²) in [6.45, 7) is 5.45. The topological polar surface area (TPSA) is 57.5 Å². The maximum absolute atomic E-state index is 11.4. The van der Waals surface area contributed by atoms with Crippen molar-refractivity contribution in [3.05, 3.63) is 94.5 Å². The van der Waals surface area contributed by atoms with Crippen LogP contribution in [0.3, 0.4) is 0 Å². The van der Waals surface area contributed by atoms with E-state index in [1.54, 1.807) is 6.92 Å². The van der Waals surface area contributed by atoms with Crippen molar-refractivity contribution in [1.29, 1.82) is 0 Å². The van der Waals surface area contributed by atoms with Gasteiger partial charge < -0.3 is 10.2 Å². The molecule has 0 saturated heterocycles. The Labute approximate surface area is 184 Å². The average Bonchev–Trinajstić information content (AvgIpc) is 2.78. The first kappa shape index (κ1) is 22.5. The van der Waals surface area contributed by atoms with Gasteiger partial charge in [-0.15, -0.1) is 0 Å². The van der Waals surface area contributed by atoms with E-state index in [0.717, 1.165) is 11.1 Å². The summed E-state index contributed by atoms with van der Waals surface area (Å²) in [6, 6.07) is 23.0. The first-order valence-electron chi connectivity index (χ1n) is 10.6. The van der Waals surface area contributed by atoms with Crippen LogP contribution in [0.2, 0.25) is 0 Å². The van der Waals surface area contributed by atoms with Gasteiger partial charge in [-0.25, -0.2) is 0 Å². The largest absolute Gasteiger partial charge is 0.481 e. The SMILES string of the molecule is Cc1ccc(CCC(C)(CO)C(=O)O)cc1/C=C/c1cccc(-c2ccccc2)c1C. The highest BCUT2D eigenvalue weighted by Crippen LogP contribution is 2.28. The summed E-state index contributed by atoms with van der Waals surface area (Å²) >= 11 is 0. The molecular formula is C28H30O3. The van der Waals surface area contributed by atoms with Gasteiger partial charge in [0.15, 0.2) is 0 Å². The monoisotopic (exact) mass is 414 g/mol. The normalized spacial score (nSPS) is 13.3. The van der Waals surface area contributed by atoms with Crippen molar-refractivity contribution in [3.8, 4) is 11.1 Å². The molecule has 160 valence electrons. The Morgan fingerprint density at radius 3 is 2.32 bits per heavy atom. The van der Waals surface area contributed by atoms with Gasteiger partial charge in [-0.1, -0.05) is 78.9 Å². The number of benzene rings is 3. The third-order valence-corrected chi connectivity index (χ3v) is 6.08. The number of rotatable bonds is 8. The Morgan fingerprint density at radius 2 is 1.65 bits per heavy atom. The Balaban J connectivity index is 1.83. The maximum Gasteiger partial charge on any atom is 0.311 e. The highest BCUT2D eigenvalue weighted by Gasteiger charge is 2.31. The molecule has 0 radical (unpaired) electrons. The minimum atomic E-state index is -1.12. The molecule has 31 heavy (non-hydrogen) atoms. The molecule has 0 saturated carbocycles. The molecular weight excluding hydrogens is 384 g/mol. The van der Waals surface area contributed by atoms with Gasteiger partial charge in [0.25, 0.3) is 0 Å². The molecule has 0 amide bonds. The van der Waals surface area contributed by atoms with Crippen LogP contribution < -0.4 is 0 Å². The lowest BCUT2D eigenvalue weighted by Crippen LogP contribution is -2.32. The Kier molecular flexibility index (Phi) is 7.09. The van der Waals surface area contributed by atoms with Crippen molar-refractivity contribution in [3.63, 3.8) is 0 Å². The summed E-state index contributed by atoms with van der Waals surface area (Å²) in [7, 11) is 0. The van der Waals surface area contributed by atoms with Gasteiger partial charge in [-0.05, 0) is 72.6 Å². The molecule has 0 fully saturated rings. The molecule has 0 heterocycles. The number of carbonyl (C=O) groups is 1. The van der Waals surface area contributed by atoms with Crippen molar-refractivity contribution in [2.24, 2.45) is 5.41 Å². The summed E-state index contributed by atoms with van der Waals surface area (Å²) in [5, 5.41) is 18.9. The van der Waals surface area contributed by atoms with Crippen LogP contribution in [0.4, 0.5) is 0 Å². The summed E-state index contributed by atoms with van der Waals surface area (Å²) in [5.74, 6) is -0.962. The predicted octanol–water partition coefficient (Wildman–Crippen LogP) is 6.16. The first-order valence-corrected chi connectivity index (χ1v) is 10.6. The molecule has 0 bridgehead atoms. The standard InChI is InChI=1S/C28H30O3/c1-20-12-13-22(16-17-28(3,19-29)27(30)31)18-25(20)15-14-23-10-7-11-26(21(23)2)24-8-5-4-6-9-24/h4-15,18,29H,16-17,19H2,1-3H3,(H,30,31)/b15-14+. The number of hydrogen-bond donors (Lipinski definition) is 2. The van der Waals surface area contributed by atoms with E-state index in [1.165, 1.54) is 27.8 Å². The van der Waals surface area contributed by atoms with Crippen molar-refractivity contribution >= 4 is 18.1 Å². The number of aliphatic hydroxyl groups excluding tert-OH is 1. The maximum atomic E-state index is 11.4. The number of aryl methyl sites for hydroxylation is 2. The summed E-state index contributed by atoms with van der Waals surface area (Å²) in [6.07, 6.45) is 5.26. The molecule has 3 aromatic rings. The van der Waals surface area contributed by atoms with E-state index in [4.69, 9.17) is 0 Å². The summed E-state index contributed by atoms with van der Waals surface area (Å²) < 4.78 is 0. The van der Waals surface area contributed by atoms with Gasteiger partial charge in [-0.3, -0.25) is 4.79 Å². The number of aliphatic hydroxyl groups is 1. The van der Waals surface area contributed by atoms with E-state index in [0.29, 0.717) is 12.8 Å². The fourth-order valence-electron chi connectivity index (χ4n) is 3.64. The third-order valence-electron chi connectivity index (χ3n) is 6.08. The molecule has 3 heteroatoms. The average molecular weight is 415 g/mol. The second-order valence-electron chi connectivity index (χ2n) is 8.43. The highest BCUT2D eigenvalue weighted by molar-refractivity contribution is 5.78. The molecule has 1 atom stereocenters. The lowest BCUT2D eigenvalue weighted by Gasteiger charge is -2.21. The van der Waals surface area contributed by atoms with Gasteiger partial charge in [0, 0.05) is 0 Å². The van der Waals surface area contributed by atoms with E-state index >= 15 is 0 Å². The van der Waals surface area contributed by atoms with Crippen LogP contribution in [0.25, 0.3) is 23.3 Å². The lowest BCUT2D eigenvalue weighted by molar-refractivity contribution is -0.150. The van der Waals surface area contributed by atoms with Crippen LogP contribution in [0.15, 0.2) is 66.7 Å². The number of aliphatic carboxylic acids is 1. The number of carboxylic acids is 1. The van der Waals surface area contributed by atoms with Gasteiger partial charge in [-0.2, -0.15) is 0 Å². The fourth-order valence-corrected chi connectivity index (χ4v) is 3.64. The van der Waals surface area contributed by atoms with E-state index < -0.39 is 11.4 Å². The molecule has 3 aromatic carbocycles. The van der Waals surface area contributed by atoms with Crippen molar-refractivity contribution in [2.75, 3.05) is 6.61 Å². The zero-order valence-electron chi connectivity index (χ0n) is 18.4. The van der Waals surface area contributed by atoms with E-state index in [-0.39, 0.29) is 6.61 Å². The van der Waals surface area contributed by atoms with Crippen molar-refractivity contribution in [2.45, 2.75) is 33.6 Å². The molecule has 0 aliphatic heterocycles. The van der Waals surface area contributed by atoms with Gasteiger partial charge in [0.05, 0.1) is 12.0 Å². The lowest BCUT2D eigenvalue weighted by atomic mass is 9.84. The van der Waals surface area contributed by atoms with E-state index in [1.807, 2.05) is 12.1 Å². The third kappa shape index (κ3) is 5.31. The second kappa shape index (κ2) is 9.76. The Bertz CT molecular complexity index is 1080. The minimum Gasteiger partial charge on any atom is -0.481 e. The van der Waals surface area contributed by atoms with E-state index in [2.05, 4.69) is 80.6 Å². The summed E-state index contributed by atoms with van der Waals surface area (Å²) in [5.41, 5.74) is 7.08. The van der Waals surface area contributed by atoms with Crippen LogP contribution in [0, 0.1) is 19.3 Å². The molecule has 2 N–H and O–H groups in total. The molecule has 0 aliphatic rings. The molecule has 0 aromatic heterocycles. The van der Waals surface area contributed by atoms with Crippen LogP contribution in [-0.4, -0.2) is 22.8 Å². The molecule has 1 unspecified atom stereocenters. The minimum absolute atomic E-state index is 0.363. The van der Waals surface area contributed by atoms with Crippen LogP contribution in [0.5, 0.6) is 0 Å². The molecule has 0 spiro atoms. The van der Waals surface area contributed by atoms with E-state index in [9.17, 15) is 15.0 Å². The Morgan fingerprint density at radius 1 is 0.935 bits per heavy atom. The highest BCUT2D eigenvalue weighted by atomic mass is 16.4. The number of carboxylic acid groups (broad SMARTS) is 1. The Hall–Kier alpha value is -3.17. The molecule has 3 nitrogen and oxygen atoms in total. The fraction of sp³-hybridized carbons (Fsp3) is 0.250. The zero-order valence-corrected chi connectivity index (χ0v) is 18.4. The second-order valence-corrected chi connectivity index (χ2v) is 8.43. The quantitative estimate of drug-likeness (QED) is 0.434. The predicted molar refractivity (Wildman–Crippen MR) is 128 cm³/mol. The molecule has 3 rings (SSSR count). The molecule has 0 aliphatic carbocycles. The number of hydrogen-bond acceptors (Lipinski definition) is 2. The zero-order chi connectivity index (χ0) is 22.4. The smallest absolute Gasteiger partial charge is 0.311 e. The van der Waals surface area contributed by atoms with Gasteiger partial charge in [0.2, 0.25) is 0 Å². The van der Waals surface area contributed by atoms with Gasteiger partial charge >= 0.3 is 5.97 Å². The van der Waals surface area contributed by atoms with Crippen molar-refractivity contribution < 1.29 is 15.0 Å². The van der Waals surface area contributed by atoms with Crippen LogP contribution >= 0.6 is 0 Å². The summed E-state index contributed by atoms with van der Waals surface area (Å²) in [4.78, 5) is 11.4. The first-order chi connectivity index (χ1) is 14.8. The van der Waals surface area contributed by atoms with Gasteiger partial charge in [0.1, 0.15) is 0 Å². The van der Waals surface area contributed by atoms with Crippen LogP contribution in [-0.2, 0) is 11.2 Å². The van der Waals surface area contributed by atoms with Crippen LogP contribution in [0.1, 0.15) is 41.2 Å².